The van der Waals surface area contributed by atoms with Crippen LogP contribution < -0.4 is 11.1 Å². The normalized spacial score (nSPS) is 13.1. The lowest BCUT2D eigenvalue weighted by Gasteiger charge is -2.24. The molecule has 0 fully saturated rings. The fraction of sp³-hybridized carbons (Fsp3) is 0.571. The van der Waals surface area contributed by atoms with Crippen molar-refractivity contribution in [3.05, 3.63) is 17.8 Å². The summed E-state index contributed by atoms with van der Waals surface area (Å²) in [6.45, 7) is 8.25. The van der Waals surface area contributed by atoms with Crippen LogP contribution in [0, 0.1) is 18.3 Å². The van der Waals surface area contributed by atoms with Gasteiger partial charge in [0.25, 0.3) is 0 Å². The first-order chi connectivity index (χ1) is 8.73. The number of nitrogens with zero attached hydrogens (tertiary/aromatic N) is 1. The lowest BCUT2D eigenvalue weighted by molar-refractivity contribution is -0.120. The second-order valence-corrected chi connectivity index (χ2v) is 6.01. The summed E-state index contributed by atoms with van der Waals surface area (Å²) in [5, 5.41) is 12.3. The Morgan fingerprint density at radius 3 is 2.63 bits per heavy atom. The molecule has 1 aromatic heterocycles. The average Bonchev–Trinajstić information content (AvgIpc) is 2.29. The molecule has 1 heterocycles. The molecule has 0 saturated heterocycles. The molecule has 1 rings (SSSR count). The standard InChI is InChI=1S/C14H23N3O2/c1-9-5-6-11(18)12(16-9)17-13(19)10(8-15)7-14(2,3)4/h5-6,10,18H,7-8,15H2,1-4H3,(H,16,17,19). The maximum atomic E-state index is 12.1. The van der Waals surface area contributed by atoms with E-state index in [-0.39, 0.29) is 35.4 Å². The Morgan fingerprint density at radius 1 is 1.47 bits per heavy atom. The van der Waals surface area contributed by atoms with E-state index in [9.17, 15) is 9.90 Å². The van der Waals surface area contributed by atoms with Crippen LogP contribution >= 0.6 is 0 Å². The van der Waals surface area contributed by atoms with Crippen molar-refractivity contribution in [1.82, 2.24) is 4.98 Å². The van der Waals surface area contributed by atoms with Gasteiger partial charge in [0.15, 0.2) is 11.6 Å². The van der Waals surface area contributed by atoms with E-state index in [2.05, 4.69) is 31.1 Å². The number of aromatic hydroxyl groups is 1. The molecule has 0 spiro atoms. The molecule has 1 atom stereocenters. The molecule has 0 aliphatic carbocycles. The molecule has 1 unspecified atom stereocenters. The Kier molecular flexibility index (Phi) is 4.89. The van der Waals surface area contributed by atoms with Gasteiger partial charge in [0.1, 0.15) is 0 Å². The van der Waals surface area contributed by atoms with Crippen molar-refractivity contribution in [2.75, 3.05) is 11.9 Å². The minimum Gasteiger partial charge on any atom is -0.504 e. The number of nitrogens with one attached hydrogen (secondary N) is 1. The molecule has 0 aromatic carbocycles. The van der Waals surface area contributed by atoms with E-state index in [1.807, 2.05) is 0 Å². The van der Waals surface area contributed by atoms with Crippen molar-refractivity contribution in [1.29, 1.82) is 0 Å². The van der Waals surface area contributed by atoms with Crippen molar-refractivity contribution < 1.29 is 9.90 Å². The molecule has 0 aliphatic heterocycles. The molecule has 0 saturated carbocycles. The van der Waals surface area contributed by atoms with E-state index in [0.29, 0.717) is 6.42 Å². The Bertz CT molecular complexity index is 452. The molecular formula is C14H23N3O2. The van der Waals surface area contributed by atoms with Crippen LogP contribution in [0.3, 0.4) is 0 Å². The summed E-state index contributed by atoms with van der Waals surface area (Å²) >= 11 is 0. The highest BCUT2D eigenvalue weighted by Gasteiger charge is 2.24. The molecule has 0 bridgehead atoms. The summed E-state index contributed by atoms with van der Waals surface area (Å²) in [5.74, 6) is -0.338. The number of carbonyl (C=O) groups excluding carboxylic acids is 1. The number of anilines is 1. The SMILES string of the molecule is Cc1ccc(O)c(NC(=O)C(CN)CC(C)(C)C)n1. The zero-order chi connectivity index (χ0) is 14.6. The highest BCUT2D eigenvalue weighted by molar-refractivity contribution is 5.93. The Balaban J connectivity index is 2.80. The molecule has 0 radical (unpaired) electrons. The van der Waals surface area contributed by atoms with Crippen LogP contribution in [-0.2, 0) is 4.79 Å². The van der Waals surface area contributed by atoms with Gasteiger partial charge in [-0.05, 0) is 30.9 Å². The summed E-state index contributed by atoms with van der Waals surface area (Å²) < 4.78 is 0. The number of aryl methyl sites for hydroxylation is 1. The summed E-state index contributed by atoms with van der Waals surface area (Å²) in [6.07, 6.45) is 0.682. The predicted octanol–water partition coefficient (Wildman–Crippen LogP) is 2.05. The minimum atomic E-state index is -0.290. The van der Waals surface area contributed by atoms with Crippen molar-refractivity contribution in [3.8, 4) is 5.75 Å². The van der Waals surface area contributed by atoms with Crippen molar-refractivity contribution in [3.63, 3.8) is 0 Å². The molecule has 1 amide bonds. The quantitative estimate of drug-likeness (QED) is 0.777. The Morgan fingerprint density at radius 2 is 2.11 bits per heavy atom. The van der Waals surface area contributed by atoms with E-state index in [0.717, 1.165) is 5.69 Å². The zero-order valence-electron chi connectivity index (χ0n) is 12.0. The molecule has 5 heteroatoms. The fourth-order valence-electron chi connectivity index (χ4n) is 1.88. The Labute approximate surface area is 114 Å². The van der Waals surface area contributed by atoms with Gasteiger partial charge in [-0.2, -0.15) is 0 Å². The summed E-state index contributed by atoms with van der Waals surface area (Å²) in [5.41, 5.74) is 6.41. The number of pyridine rings is 1. The van der Waals surface area contributed by atoms with Gasteiger partial charge in [0.05, 0.1) is 5.92 Å². The number of hydrogen-bond acceptors (Lipinski definition) is 4. The second kappa shape index (κ2) is 6.02. The molecule has 19 heavy (non-hydrogen) atoms. The largest absolute Gasteiger partial charge is 0.504 e. The van der Waals surface area contributed by atoms with Gasteiger partial charge < -0.3 is 16.2 Å². The van der Waals surface area contributed by atoms with E-state index >= 15 is 0 Å². The van der Waals surface area contributed by atoms with Gasteiger partial charge in [-0.3, -0.25) is 4.79 Å². The van der Waals surface area contributed by atoms with E-state index < -0.39 is 0 Å². The lowest BCUT2D eigenvalue weighted by Crippen LogP contribution is -2.32. The highest BCUT2D eigenvalue weighted by atomic mass is 16.3. The predicted molar refractivity (Wildman–Crippen MR) is 75.9 cm³/mol. The highest BCUT2D eigenvalue weighted by Crippen LogP contribution is 2.26. The number of nitrogens with two attached hydrogens (primary N) is 1. The molecule has 0 aliphatic rings. The van der Waals surface area contributed by atoms with E-state index in [1.54, 1.807) is 13.0 Å². The summed E-state index contributed by atoms with van der Waals surface area (Å²) in [4.78, 5) is 16.2. The van der Waals surface area contributed by atoms with E-state index in [1.165, 1.54) is 6.07 Å². The maximum Gasteiger partial charge on any atom is 0.230 e. The van der Waals surface area contributed by atoms with Gasteiger partial charge in [-0.25, -0.2) is 4.98 Å². The smallest absolute Gasteiger partial charge is 0.230 e. The van der Waals surface area contributed by atoms with E-state index in [4.69, 9.17) is 5.73 Å². The molecular weight excluding hydrogens is 242 g/mol. The molecule has 5 nitrogen and oxygen atoms in total. The van der Waals surface area contributed by atoms with Crippen LogP contribution in [0.2, 0.25) is 0 Å². The van der Waals surface area contributed by atoms with Gasteiger partial charge in [-0.15, -0.1) is 0 Å². The third-order valence-corrected chi connectivity index (χ3v) is 2.77. The van der Waals surface area contributed by atoms with Gasteiger partial charge >= 0.3 is 0 Å². The number of carbonyl (C=O) groups is 1. The van der Waals surface area contributed by atoms with Gasteiger partial charge in [0.2, 0.25) is 5.91 Å². The number of rotatable bonds is 4. The Hall–Kier alpha value is -1.62. The molecule has 106 valence electrons. The second-order valence-electron chi connectivity index (χ2n) is 6.01. The van der Waals surface area contributed by atoms with Crippen LogP contribution in [0.1, 0.15) is 32.9 Å². The van der Waals surface area contributed by atoms with Crippen LogP contribution in [0.25, 0.3) is 0 Å². The van der Waals surface area contributed by atoms with Gasteiger partial charge in [0, 0.05) is 12.2 Å². The number of hydrogen-bond donors (Lipinski definition) is 3. The lowest BCUT2D eigenvalue weighted by atomic mass is 9.84. The van der Waals surface area contributed by atoms with Crippen LogP contribution in [0.15, 0.2) is 12.1 Å². The fourth-order valence-corrected chi connectivity index (χ4v) is 1.88. The molecule has 4 N–H and O–H groups in total. The van der Waals surface area contributed by atoms with Crippen LogP contribution in [0.5, 0.6) is 5.75 Å². The number of amides is 1. The first kappa shape index (κ1) is 15.4. The summed E-state index contributed by atoms with van der Waals surface area (Å²) in [7, 11) is 0. The zero-order valence-corrected chi connectivity index (χ0v) is 12.0. The maximum absolute atomic E-state index is 12.1. The van der Waals surface area contributed by atoms with Crippen LogP contribution in [-0.4, -0.2) is 22.5 Å². The number of aromatic nitrogens is 1. The van der Waals surface area contributed by atoms with Crippen LogP contribution in [0.4, 0.5) is 5.82 Å². The first-order valence-corrected chi connectivity index (χ1v) is 6.40. The van der Waals surface area contributed by atoms with Crippen molar-refractivity contribution >= 4 is 11.7 Å². The van der Waals surface area contributed by atoms with Gasteiger partial charge in [-0.1, -0.05) is 20.8 Å². The summed E-state index contributed by atoms with van der Waals surface area (Å²) in [6, 6.07) is 3.19. The topological polar surface area (TPSA) is 88.2 Å². The van der Waals surface area contributed by atoms with Crippen molar-refractivity contribution in [2.45, 2.75) is 34.1 Å². The first-order valence-electron chi connectivity index (χ1n) is 6.40. The third kappa shape index (κ3) is 4.87. The monoisotopic (exact) mass is 265 g/mol. The minimum absolute atomic E-state index is 0.0173. The van der Waals surface area contributed by atoms with Crippen molar-refractivity contribution in [2.24, 2.45) is 17.1 Å². The molecule has 1 aromatic rings. The average molecular weight is 265 g/mol. The third-order valence-electron chi connectivity index (χ3n) is 2.77.